The summed E-state index contributed by atoms with van der Waals surface area (Å²) >= 11 is 2.06. The molecular formula is C10H24O3S. The molecule has 1 aliphatic rings. The van der Waals surface area contributed by atoms with Gasteiger partial charge in [-0.15, -0.1) is 0 Å². The zero-order valence-corrected chi connectivity index (χ0v) is 10.2. The molecule has 0 aromatic rings. The summed E-state index contributed by atoms with van der Waals surface area (Å²) in [7, 11) is 0. The molecule has 4 heteroatoms. The molecule has 0 saturated carbocycles. The second-order valence-corrected chi connectivity index (χ2v) is 6.40. The molecule has 0 aromatic heterocycles. The predicted octanol–water partition coefficient (Wildman–Crippen LogP) is 1.30. The first-order chi connectivity index (χ1) is 5.58. The van der Waals surface area contributed by atoms with Gasteiger partial charge in [-0.3, -0.25) is 0 Å². The highest BCUT2D eigenvalue weighted by molar-refractivity contribution is 8.00. The average Bonchev–Trinajstić information content (AvgIpc) is 2.36. The van der Waals surface area contributed by atoms with Gasteiger partial charge in [-0.25, -0.2) is 0 Å². The third-order valence-electron chi connectivity index (χ3n) is 2.09. The predicted molar refractivity (Wildman–Crippen MR) is 63.0 cm³/mol. The topological polar surface area (TPSA) is 72.2 Å². The van der Waals surface area contributed by atoms with E-state index >= 15 is 0 Å². The van der Waals surface area contributed by atoms with Gasteiger partial charge in [-0.1, -0.05) is 20.8 Å². The highest BCUT2D eigenvalue weighted by atomic mass is 32.2. The number of thioether (sulfide) groups is 1. The summed E-state index contributed by atoms with van der Waals surface area (Å²) in [6, 6.07) is 0. The lowest BCUT2D eigenvalue weighted by Gasteiger charge is -2.18. The van der Waals surface area contributed by atoms with Crippen molar-refractivity contribution in [3.05, 3.63) is 0 Å². The third kappa shape index (κ3) is 7.62. The van der Waals surface area contributed by atoms with Crippen molar-refractivity contribution in [2.24, 2.45) is 5.92 Å². The zero-order valence-electron chi connectivity index (χ0n) is 9.43. The van der Waals surface area contributed by atoms with Crippen LogP contribution in [0.25, 0.3) is 0 Å². The zero-order chi connectivity index (χ0) is 9.03. The Kier molecular flexibility index (Phi) is 8.94. The van der Waals surface area contributed by atoms with Crippen LogP contribution < -0.4 is 0 Å². The fraction of sp³-hybridized carbons (Fsp3) is 1.00. The van der Waals surface area contributed by atoms with Gasteiger partial charge >= 0.3 is 0 Å². The van der Waals surface area contributed by atoms with Crippen molar-refractivity contribution >= 4 is 11.8 Å². The quantitative estimate of drug-likeness (QED) is 0.724. The average molecular weight is 224 g/mol. The van der Waals surface area contributed by atoms with Crippen molar-refractivity contribution in [2.45, 2.75) is 38.4 Å². The van der Waals surface area contributed by atoms with Gasteiger partial charge in [0.1, 0.15) is 0 Å². The van der Waals surface area contributed by atoms with E-state index < -0.39 is 0 Å². The van der Waals surface area contributed by atoms with E-state index in [0.29, 0.717) is 4.75 Å². The van der Waals surface area contributed by atoms with Crippen LogP contribution in [0.15, 0.2) is 0 Å². The molecule has 1 rings (SSSR count). The van der Waals surface area contributed by atoms with E-state index in [1.807, 2.05) is 0 Å². The second-order valence-electron chi connectivity index (χ2n) is 4.48. The Morgan fingerprint density at radius 2 is 1.93 bits per heavy atom. The Bertz CT molecular complexity index is 128. The van der Waals surface area contributed by atoms with Crippen LogP contribution in [-0.4, -0.2) is 34.7 Å². The first kappa shape index (κ1) is 16.7. The Hall–Kier alpha value is 0.230. The van der Waals surface area contributed by atoms with E-state index in [2.05, 4.69) is 32.5 Å². The minimum atomic E-state index is 0. The van der Waals surface area contributed by atoms with Crippen molar-refractivity contribution in [2.75, 3.05) is 19.0 Å². The largest absolute Gasteiger partial charge is 0.412 e. The fourth-order valence-corrected chi connectivity index (χ4v) is 2.41. The van der Waals surface area contributed by atoms with Crippen LogP contribution in [0.5, 0.6) is 0 Å². The van der Waals surface area contributed by atoms with Gasteiger partial charge in [-0.2, -0.15) is 11.8 Å². The fourth-order valence-electron chi connectivity index (χ4n) is 1.34. The van der Waals surface area contributed by atoms with Gasteiger partial charge in [0.2, 0.25) is 0 Å². The van der Waals surface area contributed by atoms with E-state index in [4.69, 9.17) is 4.74 Å². The maximum Gasteiger partial charge on any atom is 0.0495 e. The van der Waals surface area contributed by atoms with Crippen LogP contribution >= 0.6 is 11.8 Å². The molecule has 88 valence electrons. The molecule has 0 spiro atoms. The summed E-state index contributed by atoms with van der Waals surface area (Å²) in [6.07, 6.45) is 2.62. The lowest BCUT2D eigenvalue weighted by atomic mass is 10.1. The van der Waals surface area contributed by atoms with Crippen molar-refractivity contribution in [3.63, 3.8) is 0 Å². The molecule has 1 fully saturated rings. The standard InChI is InChI=1S/C10H20OS.2H2O/c1-10(2,3)12-7-5-9-4-6-11-8-9;;/h9H,4-8H2,1-3H3;2*1H2/t9-;;/m0../s1. The summed E-state index contributed by atoms with van der Waals surface area (Å²) in [5, 5.41) is 0. The Balaban J connectivity index is 0. The molecule has 0 amide bonds. The number of ether oxygens (including phenoxy) is 1. The Morgan fingerprint density at radius 3 is 2.36 bits per heavy atom. The smallest absolute Gasteiger partial charge is 0.0495 e. The van der Waals surface area contributed by atoms with Gasteiger partial charge in [0.25, 0.3) is 0 Å². The lowest BCUT2D eigenvalue weighted by Crippen LogP contribution is -2.10. The van der Waals surface area contributed by atoms with Gasteiger partial charge in [0.15, 0.2) is 0 Å². The normalized spacial score (nSPS) is 21.2. The summed E-state index contributed by atoms with van der Waals surface area (Å²) in [5.41, 5.74) is 0. The van der Waals surface area contributed by atoms with Gasteiger partial charge in [0, 0.05) is 18.0 Å². The first-order valence-corrected chi connectivity index (χ1v) is 5.78. The lowest BCUT2D eigenvalue weighted by molar-refractivity contribution is 0.185. The number of hydrogen-bond acceptors (Lipinski definition) is 2. The molecule has 0 aromatic carbocycles. The number of hydrogen-bond donors (Lipinski definition) is 0. The minimum Gasteiger partial charge on any atom is -0.412 e. The molecule has 1 aliphatic heterocycles. The van der Waals surface area contributed by atoms with Gasteiger partial charge < -0.3 is 15.7 Å². The minimum absolute atomic E-state index is 0. The molecular weight excluding hydrogens is 200 g/mol. The SMILES string of the molecule is CC(C)(C)SCC[C@@H]1CCOC1.O.O. The Morgan fingerprint density at radius 1 is 1.29 bits per heavy atom. The molecule has 1 heterocycles. The van der Waals surface area contributed by atoms with Crippen molar-refractivity contribution < 1.29 is 15.7 Å². The van der Waals surface area contributed by atoms with Gasteiger partial charge in [-0.05, 0) is 24.5 Å². The molecule has 1 atom stereocenters. The molecule has 4 N–H and O–H groups in total. The highest BCUT2D eigenvalue weighted by Crippen LogP contribution is 2.26. The Labute approximate surface area is 91.2 Å². The summed E-state index contributed by atoms with van der Waals surface area (Å²) in [4.78, 5) is 0. The van der Waals surface area contributed by atoms with E-state index in [1.165, 1.54) is 18.6 Å². The molecule has 3 nitrogen and oxygen atoms in total. The van der Waals surface area contributed by atoms with Crippen LogP contribution in [0.2, 0.25) is 0 Å². The molecule has 0 unspecified atom stereocenters. The summed E-state index contributed by atoms with van der Waals surface area (Å²) in [6.45, 7) is 8.84. The maximum atomic E-state index is 5.33. The van der Waals surface area contributed by atoms with Gasteiger partial charge in [0.05, 0.1) is 0 Å². The van der Waals surface area contributed by atoms with Crippen LogP contribution in [0.3, 0.4) is 0 Å². The third-order valence-corrected chi connectivity index (χ3v) is 3.39. The summed E-state index contributed by atoms with van der Waals surface area (Å²) < 4.78 is 5.76. The molecule has 14 heavy (non-hydrogen) atoms. The van der Waals surface area contributed by atoms with E-state index in [0.717, 1.165) is 19.1 Å². The highest BCUT2D eigenvalue weighted by Gasteiger charge is 2.17. The van der Waals surface area contributed by atoms with Crippen LogP contribution in [0.4, 0.5) is 0 Å². The maximum absolute atomic E-state index is 5.33. The molecule has 0 bridgehead atoms. The summed E-state index contributed by atoms with van der Waals surface area (Å²) in [5.74, 6) is 2.14. The van der Waals surface area contributed by atoms with E-state index in [-0.39, 0.29) is 11.0 Å². The van der Waals surface area contributed by atoms with Crippen molar-refractivity contribution in [1.29, 1.82) is 0 Å². The van der Waals surface area contributed by atoms with Crippen molar-refractivity contribution in [1.82, 2.24) is 0 Å². The molecule has 0 radical (unpaired) electrons. The first-order valence-electron chi connectivity index (χ1n) is 4.79. The van der Waals surface area contributed by atoms with E-state index in [1.54, 1.807) is 0 Å². The van der Waals surface area contributed by atoms with Crippen LogP contribution in [-0.2, 0) is 4.74 Å². The second kappa shape index (κ2) is 7.51. The monoisotopic (exact) mass is 224 g/mol. The van der Waals surface area contributed by atoms with Crippen molar-refractivity contribution in [3.8, 4) is 0 Å². The molecule has 0 aliphatic carbocycles. The van der Waals surface area contributed by atoms with Crippen LogP contribution in [0.1, 0.15) is 33.6 Å². The number of rotatable bonds is 3. The molecule has 1 saturated heterocycles. The van der Waals surface area contributed by atoms with Crippen LogP contribution in [0, 0.1) is 5.92 Å². The van der Waals surface area contributed by atoms with E-state index in [9.17, 15) is 0 Å².